The van der Waals surface area contributed by atoms with Crippen molar-refractivity contribution in [3.63, 3.8) is 0 Å². The Morgan fingerprint density at radius 3 is 1.54 bits per heavy atom. The first-order valence-corrected chi connectivity index (χ1v) is 11.6. The molecular formula is C25H42O3. The van der Waals surface area contributed by atoms with E-state index < -0.39 is 5.97 Å². The molecule has 1 aromatic carbocycles. The Morgan fingerprint density at radius 1 is 0.679 bits per heavy atom. The minimum absolute atomic E-state index is 0.244. The zero-order chi connectivity index (χ0) is 20.3. The Morgan fingerprint density at radius 2 is 1.11 bits per heavy atom. The van der Waals surface area contributed by atoms with Crippen molar-refractivity contribution >= 4 is 5.97 Å². The van der Waals surface area contributed by atoms with Crippen LogP contribution in [0.25, 0.3) is 0 Å². The molecule has 160 valence electrons. The second-order valence-corrected chi connectivity index (χ2v) is 8.19. The zero-order valence-electron chi connectivity index (χ0n) is 17.8. The second kappa shape index (κ2) is 17.7. The van der Waals surface area contributed by atoms with Crippen LogP contribution < -0.4 is 0 Å². The third-order valence-electron chi connectivity index (χ3n) is 5.63. The van der Waals surface area contributed by atoms with Crippen molar-refractivity contribution in [2.45, 2.75) is 103 Å². The predicted octanol–water partition coefficient (Wildman–Crippen LogP) is 6.77. The average Bonchev–Trinajstić information content (AvgIpc) is 2.70. The van der Waals surface area contributed by atoms with Crippen molar-refractivity contribution in [2.24, 2.45) is 5.92 Å². The van der Waals surface area contributed by atoms with Crippen molar-refractivity contribution in [3.05, 3.63) is 35.9 Å². The first-order chi connectivity index (χ1) is 13.7. The molecule has 28 heavy (non-hydrogen) atoms. The van der Waals surface area contributed by atoms with Crippen LogP contribution in [0.3, 0.4) is 0 Å². The average molecular weight is 391 g/mol. The molecule has 1 unspecified atom stereocenters. The van der Waals surface area contributed by atoms with E-state index in [2.05, 4.69) is 0 Å². The van der Waals surface area contributed by atoms with Crippen molar-refractivity contribution in [1.82, 2.24) is 0 Å². The summed E-state index contributed by atoms with van der Waals surface area (Å²) >= 11 is 0. The van der Waals surface area contributed by atoms with Gasteiger partial charge >= 0.3 is 5.97 Å². The van der Waals surface area contributed by atoms with E-state index >= 15 is 0 Å². The minimum atomic E-state index is -0.655. The zero-order valence-corrected chi connectivity index (χ0v) is 17.8. The van der Waals surface area contributed by atoms with E-state index in [-0.39, 0.29) is 5.92 Å². The number of benzene rings is 1. The summed E-state index contributed by atoms with van der Waals surface area (Å²) in [6.07, 6.45) is 19.0. The number of carboxylic acid groups (broad SMARTS) is 1. The van der Waals surface area contributed by atoms with Crippen molar-refractivity contribution in [3.8, 4) is 0 Å². The summed E-state index contributed by atoms with van der Waals surface area (Å²) < 4.78 is 0. The highest BCUT2D eigenvalue weighted by Gasteiger charge is 2.17. The molecule has 0 radical (unpaired) electrons. The molecule has 1 rings (SSSR count). The summed E-state index contributed by atoms with van der Waals surface area (Å²) in [5, 5.41) is 18.2. The third kappa shape index (κ3) is 13.8. The topological polar surface area (TPSA) is 57.5 Å². The van der Waals surface area contributed by atoms with E-state index in [0.717, 1.165) is 31.2 Å². The van der Waals surface area contributed by atoms with E-state index in [1.807, 2.05) is 30.3 Å². The van der Waals surface area contributed by atoms with Gasteiger partial charge in [0.05, 0.1) is 5.92 Å². The van der Waals surface area contributed by atoms with Gasteiger partial charge in [0, 0.05) is 6.61 Å². The standard InChI is InChI=1S/C25H42O3/c26-21-17-12-10-8-6-4-2-1-3-5-7-9-11-16-20-24(25(27)28)22-23-18-14-13-15-19-23/h13-15,18-19,24,26H,1-12,16-17,20-22H2,(H,27,28). The highest BCUT2D eigenvalue weighted by molar-refractivity contribution is 5.70. The SMILES string of the molecule is O=C(O)C(CCCCCCCCCCCCCCCCO)Cc1ccccc1. The Labute approximate surface area is 172 Å². The number of unbranched alkanes of at least 4 members (excludes halogenated alkanes) is 13. The number of aliphatic carboxylic acids is 1. The van der Waals surface area contributed by atoms with E-state index in [0.29, 0.717) is 13.0 Å². The molecule has 0 aliphatic rings. The van der Waals surface area contributed by atoms with Gasteiger partial charge in [0.15, 0.2) is 0 Å². The fourth-order valence-electron chi connectivity index (χ4n) is 3.84. The predicted molar refractivity (Wildman–Crippen MR) is 118 cm³/mol. The summed E-state index contributed by atoms with van der Waals surface area (Å²) in [4.78, 5) is 11.5. The van der Waals surface area contributed by atoms with Gasteiger partial charge in [-0.05, 0) is 24.8 Å². The minimum Gasteiger partial charge on any atom is -0.481 e. The summed E-state index contributed by atoms with van der Waals surface area (Å²) in [6.45, 7) is 0.341. The molecule has 3 nitrogen and oxygen atoms in total. The first kappa shape index (κ1) is 24.7. The normalized spacial score (nSPS) is 12.2. The number of aliphatic hydroxyl groups is 1. The Hall–Kier alpha value is -1.35. The fraction of sp³-hybridized carbons (Fsp3) is 0.720. The van der Waals surface area contributed by atoms with E-state index in [9.17, 15) is 9.90 Å². The van der Waals surface area contributed by atoms with Gasteiger partial charge in [-0.15, -0.1) is 0 Å². The van der Waals surface area contributed by atoms with Crippen LogP contribution >= 0.6 is 0 Å². The molecule has 0 heterocycles. The number of rotatable bonds is 19. The van der Waals surface area contributed by atoms with Crippen LogP contribution in [0.2, 0.25) is 0 Å². The molecule has 0 aliphatic heterocycles. The summed E-state index contributed by atoms with van der Waals surface area (Å²) in [6, 6.07) is 9.97. The number of carbonyl (C=O) groups is 1. The van der Waals surface area contributed by atoms with Gasteiger partial charge in [-0.25, -0.2) is 0 Å². The van der Waals surface area contributed by atoms with Crippen LogP contribution in [0, 0.1) is 5.92 Å². The van der Waals surface area contributed by atoms with Gasteiger partial charge in [0.1, 0.15) is 0 Å². The maximum Gasteiger partial charge on any atom is 0.306 e. The van der Waals surface area contributed by atoms with Crippen molar-refractivity contribution in [2.75, 3.05) is 6.61 Å². The second-order valence-electron chi connectivity index (χ2n) is 8.19. The summed E-state index contributed by atoms with van der Waals surface area (Å²) in [5.74, 6) is -0.900. The smallest absolute Gasteiger partial charge is 0.306 e. The van der Waals surface area contributed by atoms with Crippen molar-refractivity contribution < 1.29 is 15.0 Å². The first-order valence-electron chi connectivity index (χ1n) is 11.6. The molecule has 0 fully saturated rings. The number of carboxylic acids is 1. The highest BCUT2D eigenvalue weighted by atomic mass is 16.4. The molecule has 0 amide bonds. The number of aliphatic hydroxyl groups excluding tert-OH is 1. The van der Waals surface area contributed by atoms with Gasteiger partial charge < -0.3 is 10.2 Å². The van der Waals surface area contributed by atoms with E-state index in [4.69, 9.17) is 5.11 Å². The van der Waals surface area contributed by atoms with Crippen LogP contribution in [-0.4, -0.2) is 22.8 Å². The van der Waals surface area contributed by atoms with Crippen LogP contribution in [-0.2, 0) is 11.2 Å². The van der Waals surface area contributed by atoms with Crippen LogP contribution in [0.4, 0.5) is 0 Å². The molecule has 0 bridgehead atoms. The molecule has 0 saturated carbocycles. The largest absolute Gasteiger partial charge is 0.481 e. The lowest BCUT2D eigenvalue weighted by atomic mass is 9.93. The molecular weight excluding hydrogens is 348 g/mol. The molecule has 0 aromatic heterocycles. The molecule has 0 aliphatic carbocycles. The van der Waals surface area contributed by atoms with Gasteiger partial charge in [-0.3, -0.25) is 4.79 Å². The maximum absolute atomic E-state index is 11.5. The quantitative estimate of drug-likeness (QED) is 0.256. The van der Waals surface area contributed by atoms with Crippen LogP contribution in [0.1, 0.15) is 102 Å². The molecule has 0 spiro atoms. The molecule has 0 saturated heterocycles. The fourth-order valence-corrected chi connectivity index (χ4v) is 3.84. The van der Waals surface area contributed by atoms with Gasteiger partial charge in [-0.1, -0.05) is 114 Å². The third-order valence-corrected chi connectivity index (χ3v) is 5.63. The maximum atomic E-state index is 11.5. The Kier molecular flexibility index (Phi) is 15.6. The lowest BCUT2D eigenvalue weighted by Crippen LogP contribution is -2.16. The molecule has 2 N–H and O–H groups in total. The number of hydrogen-bond donors (Lipinski definition) is 2. The van der Waals surface area contributed by atoms with Gasteiger partial charge in [0.2, 0.25) is 0 Å². The van der Waals surface area contributed by atoms with Gasteiger partial charge in [-0.2, -0.15) is 0 Å². The van der Waals surface area contributed by atoms with E-state index in [1.165, 1.54) is 70.6 Å². The highest BCUT2D eigenvalue weighted by Crippen LogP contribution is 2.18. The van der Waals surface area contributed by atoms with Crippen LogP contribution in [0.15, 0.2) is 30.3 Å². The summed E-state index contributed by atoms with van der Waals surface area (Å²) in [5.41, 5.74) is 1.13. The Balaban J connectivity index is 1.90. The van der Waals surface area contributed by atoms with E-state index in [1.54, 1.807) is 0 Å². The Bertz CT molecular complexity index is 472. The molecule has 1 atom stereocenters. The molecule has 3 heteroatoms. The molecule has 1 aromatic rings. The summed E-state index contributed by atoms with van der Waals surface area (Å²) in [7, 11) is 0. The lowest BCUT2D eigenvalue weighted by Gasteiger charge is -2.12. The number of hydrogen-bond acceptors (Lipinski definition) is 2. The monoisotopic (exact) mass is 390 g/mol. The van der Waals surface area contributed by atoms with Crippen LogP contribution in [0.5, 0.6) is 0 Å². The lowest BCUT2D eigenvalue weighted by molar-refractivity contribution is -0.142. The van der Waals surface area contributed by atoms with Crippen molar-refractivity contribution in [1.29, 1.82) is 0 Å². The van der Waals surface area contributed by atoms with Gasteiger partial charge in [0.25, 0.3) is 0 Å².